The Hall–Kier alpha value is -0.0800. The lowest BCUT2D eigenvalue weighted by atomic mass is 9.84. The van der Waals surface area contributed by atoms with Gasteiger partial charge in [0.25, 0.3) is 0 Å². The van der Waals surface area contributed by atoms with Gasteiger partial charge in [-0.3, -0.25) is 0 Å². The van der Waals surface area contributed by atoms with Crippen LogP contribution in [-0.4, -0.2) is 25.3 Å². The summed E-state index contributed by atoms with van der Waals surface area (Å²) in [7, 11) is 0. The van der Waals surface area contributed by atoms with Gasteiger partial charge in [-0.2, -0.15) is 0 Å². The predicted octanol–water partition coefficient (Wildman–Crippen LogP) is 2.83. The molecular weight excluding hydrogens is 198 g/mol. The molecule has 2 rings (SSSR count). The van der Waals surface area contributed by atoms with Gasteiger partial charge >= 0.3 is 0 Å². The van der Waals surface area contributed by atoms with Crippen molar-refractivity contribution in [3.05, 3.63) is 0 Å². The van der Waals surface area contributed by atoms with Gasteiger partial charge in [-0.15, -0.1) is 0 Å². The van der Waals surface area contributed by atoms with Gasteiger partial charge in [0, 0.05) is 12.6 Å². The molecule has 0 saturated heterocycles. The topological polar surface area (TPSA) is 21.3 Å². The zero-order chi connectivity index (χ0) is 11.5. The lowest BCUT2D eigenvalue weighted by Gasteiger charge is -2.28. The Bertz CT molecular complexity index is 217. The van der Waals surface area contributed by atoms with Crippen molar-refractivity contribution in [2.24, 2.45) is 17.8 Å². The fourth-order valence-electron chi connectivity index (χ4n) is 3.64. The maximum absolute atomic E-state index is 5.55. The van der Waals surface area contributed by atoms with E-state index in [4.69, 9.17) is 4.74 Å². The monoisotopic (exact) mass is 225 g/mol. The van der Waals surface area contributed by atoms with Crippen LogP contribution in [0.15, 0.2) is 0 Å². The van der Waals surface area contributed by atoms with E-state index in [0.717, 1.165) is 30.9 Å². The fourth-order valence-corrected chi connectivity index (χ4v) is 3.64. The summed E-state index contributed by atoms with van der Waals surface area (Å²) in [5.74, 6) is 3.03. The van der Waals surface area contributed by atoms with Crippen molar-refractivity contribution >= 4 is 0 Å². The molecule has 0 aromatic heterocycles. The lowest BCUT2D eigenvalue weighted by Crippen LogP contribution is -2.38. The number of nitrogens with one attached hydrogen (secondary N) is 1. The van der Waals surface area contributed by atoms with Crippen LogP contribution in [0, 0.1) is 17.8 Å². The molecule has 94 valence electrons. The Morgan fingerprint density at radius 3 is 2.56 bits per heavy atom. The minimum absolute atomic E-state index is 0.361. The third kappa shape index (κ3) is 2.98. The highest BCUT2D eigenvalue weighted by atomic mass is 16.5. The maximum atomic E-state index is 5.55. The highest BCUT2D eigenvalue weighted by Crippen LogP contribution is 2.49. The SMILES string of the molecule is CC(C)OCCNC(C)C1CC2CCC1C2. The molecule has 2 aliphatic rings. The summed E-state index contributed by atoms with van der Waals surface area (Å²) in [6, 6.07) is 0.686. The molecule has 0 radical (unpaired) electrons. The summed E-state index contributed by atoms with van der Waals surface area (Å²) in [6.45, 7) is 8.41. The van der Waals surface area contributed by atoms with Crippen LogP contribution in [0.1, 0.15) is 46.5 Å². The van der Waals surface area contributed by atoms with Gasteiger partial charge < -0.3 is 10.1 Å². The number of rotatable bonds is 6. The molecule has 0 spiro atoms. The molecule has 2 nitrogen and oxygen atoms in total. The Morgan fingerprint density at radius 1 is 1.19 bits per heavy atom. The number of ether oxygens (including phenoxy) is 1. The van der Waals surface area contributed by atoms with Crippen LogP contribution >= 0.6 is 0 Å². The van der Waals surface area contributed by atoms with Crippen LogP contribution in [0.5, 0.6) is 0 Å². The molecule has 2 aliphatic carbocycles. The molecule has 2 saturated carbocycles. The second-order valence-corrected chi connectivity index (χ2v) is 6.00. The van der Waals surface area contributed by atoms with Crippen LogP contribution < -0.4 is 5.32 Å². The molecule has 0 heterocycles. The molecule has 0 aromatic carbocycles. The third-order valence-electron chi connectivity index (χ3n) is 4.45. The van der Waals surface area contributed by atoms with Crippen molar-refractivity contribution in [1.29, 1.82) is 0 Å². The molecule has 0 amide bonds. The largest absolute Gasteiger partial charge is 0.377 e. The first-order valence-corrected chi connectivity index (χ1v) is 7.01. The summed E-state index contributed by atoms with van der Waals surface area (Å²) in [5, 5.41) is 3.64. The van der Waals surface area contributed by atoms with Crippen LogP contribution in [0.3, 0.4) is 0 Å². The highest BCUT2D eigenvalue weighted by Gasteiger charge is 2.41. The Kier molecular flexibility index (Phi) is 4.26. The van der Waals surface area contributed by atoms with Gasteiger partial charge in [0.15, 0.2) is 0 Å². The first-order valence-electron chi connectivity index (χ1n) is 7.01. The van der Waals surface area contributed by atoms with Crippen molar-refractivity contribution < 1.29 is 4.74 Å². The van der Waals surface area contributed by atoms with Crippen molar-refractivity contribution in [2.75, 3.05) is 13.2 Å². The van der Waals surface area contributed by atoms with Crippen molar-refractivity contribution in [1.82, 2.24) is 5.32 Å². The minimum atomic E-state index is 0.361. The first kappa shape index (κ1) is 12.4. The molecule has 2 fully saturated rings. The summed E-state index contributed by atoms with van der Waals surface area (Å²) < 4.78 is 5.55. The molecular formula is C14H27NO. The summed E-state index contributed by atoms with van der Waals surface area (Å²) in [6.07, 6.45) is 6.34. The van der Waals surface area contributed by atoms with Crippen molar-refractivity contribution in [2.45, 2.75) is 58.6 Å². The minimum Gasteiger partial charge on any atom is -0.377 e. The predicted molar refractivity (Wildman–Crippen MR) is 67.5 cm³/mol. The maximum Gasteiger partial charge on any atom is 0.0594 e. The Labute approximate surface area is 100 Å². The van der Waals surface area contributed by atoms with Gasteiger partial charge in [0.05, 0.1) is 12.7 Å². The van der Waals surface area contributed by atoms with Crippen LogP contribution in [-0.2, 0) is 4.74 Å². The van der Waals surface area contributed by atoms with Crippen LogP contribution in [0.25, 0.3) is 0 Å². The standard InChI is InChI=1S/C14H27NO/c1-10(2)16-7-6-15-11(3)14-9-12-4-5-13(14)8-12/h10-15H,4-9H2,1-3H3. The van der Waals surface area contributed by atoms with Crippen molar-refractivity contribution in [3.8, 4) is 0 Å². The van der Waals surface area contributed by atoms with E-state index in [0.29, 0.717) is 12.1 Å². The van der Waals surface area contributed by atoms with E-state index in [1.54, 1.807) is 0 Å². The first-order chi connectivity index (χ1) is 7.66. The molecule has 16 heavy (non-hydrogen) atoms. The lowest BCUT2D eigenvalue weighted by molar-refractivity contribution is 0.0774. The van der Waals surface area contributed by atoms with Gasteiger partial charge in [0.2, 0.25) is 0 Å². The second-order valence-electron chi connectivity index (χ2n) is 6.00. The van der Waals surface area contributed by atoms with E-state index in [1.165, 1.54) is 25.7 Å². The normalized spacial score (nSPS) is 34.9. The van der Waals surface area contributed by atoms with Crippen molar-refractivity contribution in [3.63, 3.8) is 0 Å². The van der Waals surface area contributed by atoms with E-state index in [1.807, 2.05) is 0 Å². The average molecular weight is 225 g/mol. The molecule has 2 bridgehead atoms. The van der Waals surface area contributed by atoms with Gasteiger partial charge in [-0.25, -0.2) is 0 Å². The third-order valence-corrected chi connectivity index (χ3v) is 4.45. The van der Waals surface area contributed by atoms with E-state index in [2.05, 4.69) is 26.1 Å². The molecule has 1 N–H and O–H groups in total. The molecule has 0 aliphatic heterocycles. The quantitative estimate of drug-likeness (QED) is 0.702. The van der Waals surface area contributed by atoms with Gasteiger partial charge in [0.1, 0.15) is 0 Å². The average Bonchev–Trinajstić information content (AvgIpc) is 2.85. The number of hydrogen-bond acceptors (Lipinski definition) is 2. The smallest absolute Gasteiger partial charge is 0.0594 e. The number of hydrogen-bond donors (Lipinski definition) is 1. The van der Waals surface area contributed by atoms with Gasteiger partial charge in [-0.05, 0) is 57.8 Å². The molecule has 0 aromatic rings. The van der Waals surface area contributed by atoms with E-state index >= 15 is 0 Å². The Balaban J connectivity index is 1.63. The molecule has 4 unspecified atom stereocenters. The second kappa shape index (κ2) is 5.50. The summed E-state index contributed by atoms with van der Waals surface area (Å²) in [5.41, 5.74) is 0. The van der Waals surface area contributed by atoms with Crippen LogP contribution in [0.4, 0.5) is 0 Å². The number of fused-ring (bicyclic) bond motifs is 2. The summed E-state index contributed by atoms with van der Waals surface area (Å²) >= 11 is 0. The fraction of sp³-hybridized carbons (Fsp3) is 1.00. The highest BCUT2D eigenvalue weighted by molar-refractivity contribution is 4.93. The summed E-state index contributed by atoms with van der Waals surface area (Å²) in [4.78, 5) is 0. The van der Waals surface area contributed by atoms with E-state index in [-0.39, 0.29) is 0 Å². The van der Waals surface area contributed by atoms with Crippen LogP contribution in [0.2, 0.25) is 0 Å². The van der Waals surface area contributed by atoms with E-state index in [9.17, 15) is 0 Å². The molecule has 2 heteroatoms. The van der Waals surface area contributed by atoms with E-state index < -0.39 is 0 Å². The van der Waals surface area contributed by atoms with Gasteiger partial charge in [-0.1, -0.05) is 6.42 Å². The zero-order valence-corrected chi connectivity index (χ0v) is 11.0. The zero-order valence-electron chi connectivity index (χ0n) is 11.0. The Morgan fingerprint density at radius 2 is 2.00 bits per heavy atom. The molecule has 4 atom stereocenters.